The van der Waals surface area contributed by atoms with E-state index in [1.165, 1.54) is 23.5 Å². The Morgan fingerprint density at radius 3 is 2.38 bits per heavy atom. The number of benzene rings is 3. The molecule has 3 aromatic carbocycles. The number of aromatic nitrogens is 1. The molecule has 1 aliphatic rings. The van der Waals surface area contributed by atoms with Crippen LogP contribution in [0.3, 0.4) is 0 Å². The highest BCUT2D eigenvalue weighted by molar-refractivity contribution is 7.07. The lowest BCUT2D eigenvalue weighted by atomic mass is 9.91. The van der Waals surface area contributed by atoms with Crippen molar-refractivity contribution >= 4 is 34.8 Å². The first kappa shape index (κ1) is 29.7. The van der Waals surface area contributed by atoms with Crippen molar-refractivity contribution in [2.45, 2.75) is 32.7 Å². The number of rotatable bonds is 8. The maximum Gasteiger partial charge on any atom is 0.338 e. The number of nitrogens with zero attached hydrogens (tertiary/aromatic N) is 3. The van der Waals surface area contributed by atoms with E-state index in [-0.39, 0.29) is 23.4 Å². The zero-order valence-electron chi connectivity index (χ0n) is 24.8. The van der Waals surface area contributed by atoms with Crippen LogP contribution in [0, 0.1) is 10.1 Å². The second-order valence-corrected chi connectivity index (χ2v) is 11.8. The van der Waals surface area contributed by atoms with Crippen LogP contribution in [0.1, 0.15) is 55.2 Å². The summed E-state index contributed by atoms with van der Waals surface area (Å²) in [6.45, 7) is 6.13. The van der Waals surface area contributed by atoms with E-state index in [9.17, 15) is 19.7 Å². The number of nitro benzene ring substituents is 1. The number of fused-ring (bicyclic) bond motifs is 1. The quantitative estimate of drug-likeness (QED) is 0.116. The van der Waals surface area contributed by atoms with Gasteiger partial charge in [0.05, 0.1) is 33.4 Å². The number of carbonyl (C=O) groups is 1. The Hall–Kier alpha value is -5.35. The summed E-state index contributed by atoms with van der Waals surface area (Å²) in [6.07, 6.45) is 1.65. The molecule has 0 saturated heterocycles. The second kappa shape index (κ2) is 12.3. The highest BCUT2D eigenvalue weighted by Gasteiger charge is 2.35. The topological polar surface area (TPSA) is 117 Å². The van der Waals surface area contributed by atoms with Gasteiger partial charge in [0, 0.05) is 29.3 Å². The van der Waals surface area contributed by atoms with E-state index in [0.717, 1.165) is 16.7 Å². The van der Waals surface area contributed by atoms with Crippen LogP contribution in [-0.4, -0.2) is 22.1 Å². The summed E-state index contributed by atoms with van der Waals surface area (Å²) in [7, 11) is 0. The van der Waals surface area contributed by atoms with Gasteiger partial charge in [-0.05, 0) is 48.2 Å². The van der Waals surface area contributed by atoms with Crippen molar-refractivity contribution < 1.29 is 18.9 Å². The summed E-state index contributed by atoms with van der Waals surface area (Å²) in [6, 6.07) is 26.1. The van der Waals surface area contributed by atoms with Crippen LogP contribution in [0.25, 0.3) is 23.1 Å². The van der Waals surface area contributed by atoms with Gasteiger partial charge in [0.1, 0.15) is 11.5 Å². The Balaban J connectivity index is 1.52. The first-order valence-corrected chi connectivity index (χ1v) is 15.3. The van der Waals surface area contributed by atoms with Gasteiger partial charge < -0.3 is 9.15 Å². The van der Waals surface area contributed by atoms with Crippen LogP contribution in [0.5, 0.6) is 0 Å². The zero-order chi connectivity index (χ0) is 31.7. The fourth-order valence-electron chi connectivity index (χ4n) is 5.28. The molecule has 0 aliphatic carbocycles. The minimum absolute atomic E-state index is 0.0166. The van der Waals surface area contributed by atoms with E-state index in [2.05, 4.69) is 13.8 Å². The highest BCUT2D eigenvalue weighted by atomic mass is 32.1. The van der Waals surface area contributed by atoms with Crippen molar-refractivity contribution in [3.05, 3.63) is 149 Å². The number of non-ortho nitro benzene ring substituents is 1. The Labute approximate surface area is 262 Å². The largest absolute Gasteiger partial charge is 0.463 e. The Kier molecular flexibility index (Phi) is 8.14. The van der Waals surface area contributed by atoms with E-state index < -0.39 is 16.9 Å². The lowest BCUT2D eigenvalue weighted by Crippen LogP contribution is -2.40. The summed E-state index contributed by atoms with van der Waals surface area (Å²) in [5.41, 5.74) is 3.71. The fourth-order valence-corrected chi connectivity index (χ4v) is 6.26. The average molecular weight is 620 g/mol. The maximum absolute atomic E-state index is 14.1. The lowest BCUT2D eigenvalue weighted by molar-refractivity contribution is -0.384. The highest BCUT2D eigenvalue weighted by Crippen LogP contribution is 2.35. The van der Waals surface area contributed by atoms with Crippen LogP contribution >= 0.6 is 11.3 Å². The van der Waals surface area contributed by atoms with Gasteiger partial charge in [-0.25, -0.2) is 9.79 Å². The number of hydrogen-bond donors (Lipinski definition) is 0. The molecule has 0 saturated carbocycles. The van der Waals surface area contributed by atoms with Gasteiger partial charge in [0.2, 0.25) is 0 Å². The van der Waals surface area contributed by atoms with Gasteiger partial charge >= 0.3 is 5.97 Å². The zero-order valence-corrected chi connectivity index (χ0v) is 25.6. The molecule has 10 heteroatoms. The summed E-state index contributed by atoms with van der Waals surface area (Å²) in [4.78, 5) is 43.7. The predicted molar refractivity (Wildman–Crippen MR) is 172 cm³/mol. The normalized spacial score (nSPS) is 14.8. The molecule has 0 N–H and O–H groups in total. The van der Waals surface area contributed by atoms with Crippen LogP contribution in [-0.2, 0) is 9.53 Å². The summed E-state index contributed by atoms with van der Waals surface area (Å²) < 4.78 is 13.5. The van der Waals surface area contributed by atoms with Gasteiger partial charge in [0.15, 0.2) is 4.80 Å². The molecule has 0 amide bonds. The molecule has 5 aromatic rings. The first-order chi connectivity index (χ1) is 21.7. The molecular weight excluding hydrogens is 590 g/mol. The van der Waals surface area contributed by atoms with Gasteiger partial charge in [-0.3, -0.25) is 19.5 Å². The van der Waals surface area contributed by atoms with Crippen LogP contribution in [0.4, 0.5) is 5.69 Å². The molecule has 226 valence electrons. The third-order valence-electron chi connectivity index (χ3n) is 7.56. The van der Waals surface area contributed by atoms with Crippen LogP contribution < -0.4 is 14.9 Å². The molecule has 1 aliphatic heterocycles. The van der Waals surface area contributed by atoms with Crippen LogP contribution in [0.15, 0.2) is 111 Å². The molecule has 0 spiro atoms. The molecule has 45 heavy (non-hydrogen) atoms. The molecule has 0 fully saturated rings. The fraction of sp³-hybridized carbons (Fsp3) is 0.171. The number of hydrogen-bond acceptors (Lipinski definition) is 8. The molecule has 0 bridgehead atoms. The minimum atomic E-state index is -0.772. The van der Waals surface area contributed by atoms with Gasteiger partial charge in [-0.15, -0.1) is 0 Å². The SMILES string of the molecule is CCOC(=O)C1=C(c2ccccc2)N=c2s/c(=C\c3ccc(-c4ccc([N+](=O)[O-])cc4)o3)c(=O)n2[C@H]1c1ccc(C(C)C)cc1. The standard InChI is InChI=1S/C35H29N3O6S/c1-4-43-34(40)30-31(24-8-6-5-7-9-24)36-35-37(32(30)25-12-10-22(11-13-25)21(2)3)33(39)29(45-35)20-27-18-19-28(44-27)23-14-16-26(17-15-23)38(41)42/h5-21,32H,4H2,1-3H3/b29-20-/t32-/m0/s1. The van der Waals surface area contributed by atoms with Crippen molar-refractivity contribution in [1.82, 2.24) is 4.57 Å². The molecule has 0 unspecified atom stereocenters. The molecule has 3 heterocycles. The monoisotopic (exact) mass is 619 g/mol. The molecule has 2 aromatic heterocycles. The second-order valence-electron chi connectivity index (χ2n) is 10.8. The smallest absolute Gasteiger partial charge is 0.338 e. The van der Waals surface area contributed by atoms with Crippen molar-refractivity contribution in [2.24, 2.45) is 4.99 Å². The summed E-state index contributed by atoms with van der Waals surface area (Å²) in [5, 5.41) is 11.0. The molecule has 0 radical (unpaired) electrons. The van der Waals surface area contributed by atoms with Gasteiger partial charge in [-0.2, -0.15) is 0 Å². The van der Waals surface area contributed by atoms with Gasteiger partial charge in [0.25, 0.3) is 11.2 Å². The van der Waals surface area contributed by atoms with E-state index in [1.54, 1.807) is 41.8 Å². The lowest BCUT2D eigenvalue weighted by Gasteiger charge is -2.26. The van der Waals surface area contributed by atoms with Crippen molar-refractivity contribution in [3.63, 3.8) is 0 Å². The molecular formula is C35H29N3O6S. The van der Waals surface area contributed by atoms with Crippen molar-refractivity contribution in [3.8, 4) is 11.3 Å². The average Bonchev–Trinajstić information content (AvgIpc) is 3.64. The summed E-state index contributed by atoms with van der Waals surface area (Å²) in [5.74, 6) is 0.707. The van der Waals surface area contributed by atoms with E-state index >= 15 is 0 Å². The van der Waals surface area contributed by atoms with Gasteiger partial charge in [-0.1, -0.05) is 79.8 Å². The third-order valence-corrected chi connectivity index (χ3v) is 8.54. The van der Waals surface area contributed by atoms with E-state index in [4.69, 9.17) is 14.1 Å². The van der Waals surface area contributed by atoms with Crippen molar-refractivity contribution in [1.29, 1.82) is 0 Å². The molecule has 9 nitrogen and oxygen atoms in total. The number of carbonyl (C=O) groups excluding carboxylic acids is 1. The minimum Gasteiger partial charge on any atom is -0.463 e. The Morgan fingerprint density at radius 2 is 1.73 bits per heavy atom. The molecule has 1 atom stereocenters. The number of nitro groups is 1. The van der Waals surface area contributed by atoms with E-state index in [1.807, 2.05) is 54.6 Å². The number of furan rings is 1. The number of thiazole rings is 1. The van der Waals surface area contributed by atoms with E-state index in [0.29, 0.717) is 38.0 Å². The summed E-state index contributed by atoms with van der Waals surface area (Å²) >= 11 is 1.21. The maximum atomic E-state index is 14.1. The third kappa shape index (κ3) is 5.80. The molecule has 6 rings (SSSR count). The Morgan fingerprint density at radius 1 is 1.02 bits per heavy atom. The predicted octanol–water partition coefficient (Wildman–Crippen LogP) is 6.23. The number of ether oxygens (including phenoxy) is 1. The first-order valence-electron chi connectivity index (χ1n) is 14.5. The van der Waals surface area contributed by atoms with Crippen molar-refractivity contribution in [2.75, 3.05) is 6.61 Å². The Bertz CT molecular complexity index is 2100. The number of esters is 1. The van der Waals surface area contributed by atoms with Crippen LogP contribution in [0.2, 0.25) is 0 Å².